The third kappa shape index (κ3) is 7.26. The maximum Gasteiger partial charge on any atom is 0.0713 e. The van der Waals surface area contributed by atoms with Crippen LogP contribution < -0.4 is 9.80 Å². The Morgan fingerprint density at radius 1 is 0.233 bits per heavy atom. The number of rotatable bonds is 10. The molecule has 0 saturated carbocycles. The lowest BCUT2D eigenvalue weighted by Crippen LogP contribution is -2.29. The van der Waals surface area contributed by atoms with Gasteiger partial charge in [0.1, 0.15) is 0 Å². The molecular formula is C84H64N2. The Balaban J connectivity index is 0.906. The summed E-state index contributed by atoms with van der Waals surface area (Å²) in [4.78, 5) is 5.11. The molecule has 0 N–H and O–H groups in total. The van der Waals surface area contributed by atoms with Gasteiger partial charge in [-0.1, -0.05) is 243 Å². The highest BCUT2D eigenvalue weighted by Gasteiger charge is 2.48. The van der Waals surface area contributed by atoms with Gasteiger partial charge in [0.2, 0.25) is 0 Å². The minimum absolute atomic E-state index is 0.509. The highest BCUT2D eigenvalue weighted by atomic mass is 15.2. The van der Waals surface area contributed by atoms with Gasteiger partial charge in [-0.25, -0.2) is 0 Å². The molecule has 14 aromatic carbocycles. The summed E-state index contributed by atoms with van der Waals surface area (Å²) in [5.74, 6) is 0. The Hall–Kier alpha value is -10.3. The van der Waals surface area contributed by atoms with Crippen molar-refractivity contribution >= 4 is 66.4 Å². The van der Waals surface area contributed by atoms with Crippen molar-refractivity contribution in [2.24, 2.45) is 0 Å². The first-order valence-corrected chi connectivity index (χ1v) is 30.3. The smallest absolute Gasteiger partial charge is 0.0713 e. The van der Waals surface area contributed by atoms with Gasteiger partial charge in [0.25, 0.3) is 0 Å². The first-order valence-electron chi connectivity index (χ1n) is 30.3. The van der Waals surface area contributed by atoms with Gasteiger partial charge in [-0.15, -0.1) is 0 Å². The normalized spacial score (nSPS) is 13.4. The third-order valence-electron chi connectivity index (χ3n) is 19.4. The van der Waals surface area contributed by atoms with Crippen molar-refractivity contribution in [2.75, 3.05) is 9.80 Å². The van der Waals surface area contributed by atoms with E-state index in [4.69, 9.17) is 0 Å². The van der Waals surface area contributed by atoms with Gasteiger partial charge in [0.05, 0.1) is 33.6 Å². The molecule has 2 aliphatic rings. The van der Waals surface area contributed by atoms with Crippen LogP contribution in [0, 0.1) is 41.5 Å². The van der Waals surface area contributed by atoms with Crippen molar-refractivity contribution in [3.05, 3.63) is 357 Å². The molecule has 2 heteroatoms. The molecule has 2 aliphatic carbocycles. The summed E-state index contributed by atoms with van der Waals surface area (Å²) in [5.41, 5.74) is 28.8. The summed E-state index contributed by atoms with van der Waals surface area (Å²) >= 11 is 0. The molecule has 0 heterocycles. The molecule has 0 bridgehead atoms. The van der Waals surface area contributed by atoms with E-state index in [1.165, 1.54) is 144 Å². The number of anilines is 6. The molecule has 0 radical (unpaired) electrons. The monoisotopic (exact) mass is 1100 g/mol. The number of benzene rings is 14. The molecule has 0 atom stereocenters. The fourth-order valence-electron chi connectivity index (χ4n) is 16.1. The predicted molar refractivity (Wildman–Crippen MR) is 363 cm³/mol. The van der Waals surface area contributed by atoms with Crippen molar-refractivity contribution in [3.8, 4) is 22.3 Å². The zero-order valence-corrected chi connectivity index (χ0v) is 49.5. The van der Waals surface area contributed by atoms with E-state index in [9.17, 15) is 0 Å². The number of fused-ring (bicyclic) bond motifs is 6. The summed E-state index contributed by atoms with van der Waals surface area (Å²) in [7, 11) is 0. The number of aryl methyl sites for hydroxylation is 6. The van der Waals surface area contributed by atoms with Gasteiger partial charge in [-0.2, -0.15) is 0 Å². The second-order valence-corrected chi connectivity index (χ2v) is 24.2. The minimum atomic E-state index is -0.509. The van der Waals surface area contributed by atoms with Crippen LogP contribution in [-0.2, 0) is 10.8 Å². The quantitative estimate of drug-likeness (QED) is 0.126. The Bertz CT molecular complexity index is 4550. The van der Waals surface area contributed by atoms with Crippen LogP contribution in [0.3, 0.4) is 0 Å². The van der Waals surface area contributed by atoms with Crippen LogP contribution in [0.25, 0.3) is 54.6 Å². The minimum Gasteiger partial charge on any atom is -0.309 e. The van der Waals surface area contributed by atoms with E-state index >= 15 is 0 Å². The van der Waals surface area contributed by atoms with E-state index in [0.29, 0.717) is 0 Å². The number of para-hydroxylation sites is 2. The maximum atomic E-state index is 2.56. The van der Waals surface area contributed by atoms with E-state index in [-0.39, 0.29) is 0 Å². The molecule has 86 heavy (non-hydrogen) atoms. The predicted octanol–water partition coefficient (Wildman–Crippen LogP) is 22.1. The lowest BCUT2D eigenvalue weighted by Gasteiger charge is -2.36. The zero-order valence-electron chi connectivity index (χ0n) is 49.5. The topological polar surface area (TPSA) is 6.48 Å². The van der Waals surface area contributed by atoms with Gasteiger partial charge >= 0.3 is 0 Å². The Labute approximate surface area is 504 Å². The SMILES string of the molecule is Cc1cc(C2(c3ccccc3)c3ccccc3-c3ccccc32)cc(C)c1N(c1ccccc1)c1cc(C)c2ccc3c(N(c4ccccc4)c4c(C)cc(C5(c6ccccc6)c6ccccc6-c6ccccc65)cc4C)cc(C)c4ccc1c2c43. The molecular weight excluding hydrogens is 1040 g/mol. The van der Waals surface area contributed by atoms with Gasteiger partial charge in [0, 0.05) is 22.1 Å². The maximum absolute atomic E-state index is 2.56. The Morgan fingerprint density at radius 2 is 0.500 bits per heavy atom. The van der Waals surface area contributed by atoms with Crippen molar-refractivity contribution in [2.45, 2.75) is 52.4 Å². The Morgan fingerprint density at radius 3 is 0.814 bits per heavy atom. The average molecular weight is 1100 g/mol. The molecule has 0 amide bonds. The van der Waals surface area contributed by atoms with Gasteiger partial charge in [-0.3, -0.25) is 0 Å². The van der Waals surface area contributed by atoms with E-state index in [1.54, 1.807) is 0 Å². The summed E-state index contributed by atoms with van der Waals surface area (Å²) in [5, 5.41) is 7.55. The summed E-state index contributed by atoms with van der Waals surface area (Å²) in [6, 6.07) is 105. The molecule has 16 rings (SSSR count). The van der Waals surface area contributed by atoms with Gasteiger partial charge < -0.3 is 9.80 Å². The van der Waals surface area contributed by atoms with Crippen LogP contribution in [0.5, 0.6) is 0 Å². The van der Waals surface area contributed by atoms with Crippen LogP contribution >= 0.6 is 0 Å². The molecule has 0 unspecified atom stereocenters. The van der Waals surface area contributed by atoms with Crippen molar-refractivity contribution in [3.63, 3.8) is 0 Å². The molecule has 0 aromatic heterocycles. The fourth-order valence-corrected chi connectivity index (χ4v) is 16.1. The van der Waals surface area contributed by atoms with Crippen molar-refractivity contribution in [1.29, 1.82) is 0 Å². The van der Waals surface area contributed by atoms with E-state index in [2.05, 4.69) is 330 Å². The summed E-state index contributed by atoms with van der Waals surface area (Å²) in [6.45, 7) is 13.9. The molecule has 410 valence electrons. The first kappa shape index (κ1) is 51.4. The summed E-state index contributed by atoms with van der Waals surface area (Å²) in [6.07, 6.45) is 0. The zero-order chi connectivity index (χ0) is 58.0. The van der Waals surface area contributed by atoms with Crippen molar-refractivity contribution in [1.82, 2.24) is 0 Å². The lowest BCUT2D eigenvalue weighted by molar-refractivity contribution is 0.766. The Kier molecular flexibility index (Phi) is 11.7. The average Bonchev–Trinajstić information content (AvgIpc) is 1.76. The van der Waals surface area contributed by atoms with Crippen LogP contribution in [0.15, 0.2) is 279 Å². The lowest BCUT2D eigenvalue weighted by atomic mass is 9.67. The van der Waals surface area contributed by atoms with E-state index in [0.717, 1.165) is 22.7 Å². The van der Waals surface area contributed by atoms with Crippen molar-refractivity contribution < 1.29 is 0 Å². The van der Waals surface area contributed by atoms with Gasteiger partial charge in [0.15, 0.2) is 0 Å². The standard InChI is InChI=1S/C84H64N2/c1-53-51-77(85(63-31-15-9-16-32-63)81-55(3)47-61(48-56(81)4)83(59-27-11-7-12-28-59)73-39-23-19-35-67(73)68-36-20-24-40-74(68)83)71-46-44-66-54(2)52-78(72-45-43-65(53)79(71)80(66)72)86(64-33-17-10-18-34-64)82-57(5)49-62(50-58(82)6)84(60-29-13-8-14-30-60)75-41-25-21-37-69(75)70-38-22-26-42-76(70)84/h7-52H,1-6H3. The van der Waals surface area contributed by atoms with Crippen LogP contribution in [0.2, 0.25) is 0 Å². The molecule has 14 aromatic rings. The number of nitrogens with zero attached hydrogens (tertiary/aromatic N) is 2. The highest BCUT2D eigenvalue weighted by Crippen LogP contribution is 2.60. The number of hydrogen-bond donors (Lipinski definition) is 0. The first-order chi connectivity index (χ1) is 42.2. The van der Waals surface area contributed by atoms with Crippen LogP contribution in [-0.4, -0.2) is 0 Å². The van der Waals surface area contributed by atoms with E-state index < -0.39 is 10.8 Å². The molecule has 0 saturated heterocycles. The second-order valence-electron chi connectivity index (χ2n) is 24.2. The molecule has 2 nitrogen and oxygen atoms in total. The van der Waals surface area contributed by atoms with Crippen LogP contribution in [0.1, 0.15) is 77.9 Å². The molecule has 0 fully saturated rings. The second kappa shape index (κ2) is 19.7. The number of hydrogen-bond acceptors (Lipinski definition) is 2. The molecule has 0 aliphatic heterocycles. The van der Waals surface area contributed by atoms with Crippen LogP contribution in [0.4, 0.5) is 34.1 Å². The van der Waals surface area contributed by atoms with Gasteiger partial charge in [-0.05, 0) is 200 Å². The molecule has 0 spiro atoms. The summed E-state index contributed by atoms with van der Waals surface area (Å²) < 4.78 is 0. The van der Waals surface area contributed by atoms with E-state index in [1.807, 2.05) is 0 Å². The largest absolute Gasteiger partial charge is 0.309 e. The fraction of sp³-hybridized carbons (Fsp3) is 0.0952. The highest BCUT2D eigenvalue weighted by molar-refractivity contribution is 6.29. The third-order valence-corrected chi connectivity index (χ3v) is 19.4.